The van der Waals surface area contributed by atoms with Crippen molar-refractivity contribution in [3.05, 3.63) is 83.0 Å². The Bertz CT molecular complexity index is 1950. The lowest BCUT2D eigenvalue weighted by Crippen LogP contribution is -2.32. The van der Waals surface area contributed by atoms with Crippen molar-refractivity contribution in [1.82, 2.24) is 15.0 Å². The van der Waals surface area contributed by atoms with Gasteiger partial charge in [0.15, 0.2) is 12.4 Å². The molecule has 5 rings (SSSR count). The quantitative estimate of drug-likeness (QED) is 0.0632. The summed E-state index contributed by atoms with van der Waals surface area (Å²) in [4.78, 5) is 82.7. The van der Waals surface area contributed by atoms with Crippen LogP contribution in [0.2, 0.25) is 0 Å². The Hall–Kier alpha value is -5.22. The molecule has 16 heteroatoms. The Morgan fingerprint density at radius 3 is 1.83 bits per heavy atom. The van der Waals surface area contributed by atoms with E-state index in [1.165, 1.54) is 16.7 Å². The van der Waals surface area contributed by atoms with Gasteiger partial charge >= 0.3 is 11.9 Å². The first-order valence-electron chi connectivity index (χ1n) is 20.7. The smallest absolute Gasteiger partial charge is 0.333 e. The van der Waals surface area contributed by atoms with Crippen LogP contribution in [0.15, 0.2) is 77.4 Å². The molecular weight excluding hydrogens is 781 g/mol. The van der Waals surface area contributed by atoms with Crippen molar-refractivity contribution in [3.8, 4) is 0 Å². The lowest BCUT2D eigenvalue weighted by molar-refractivity contribution is -0.697. The van der Waals surface area contributed by atoms with Crippen LogP contribution < -0.4 is 4.57 Å². The molecule has 2 saturated heterocycles. The average Bonchev–Trinajstić information content (AvgIpc) is 3.69. The van der Waals surface area contributed by atoms with Gasteiger partial charge in [-0.2, -0.15) is 8.42 Å². The van der Waals surface area contributed by atoms with Gasteiger partial charge < -0.3 is 14.6 Å². The summed E-state index contributed by atoms with van der Waals surface area (Å²) in [5.74, 6) is -3.33. The van der Waals surface area contributed by atoms with Gasteiger partial charge in [0.25, 0.3) is 33.7 Å². The van der Waals surface area contributed by atoms with E-state index in [0.717, 1.165) is 82.0 Å². The predicted octanol–water partition coefficient (Wildman–Crippen LogP) is 5.89. The van der Waals surface area contributed by atoms with E-state index in [0.29, 0.717) is 35.8 Å². The number of pyridine rings is 1. The van der Waals surface area contributed by atoms with Gasteiger partial charge in [0.2, 0.25) is 0 Å². The van der Waals surface area contributed by atoms with Crippen LogP contribution in [-0.2, 0) is 55.1 Å². The normalized spacial score (nSPS) is 17.9. The van der Waals surface area contributed by atoms with Gasteiger partial charge in [-0.25, -0.2) is 14.2 Å². The molecule has 0 unspecified atom stereocenters. The van der Waals surface area contributed by atoms with Crippen LogP contribution in [-0.4, -0.2) is 75.9 Å². The predicted molar refractivity (Wildman–Crippen MR) is 215 cm³/mol. The van der Waals surface area contributed by atoms with Crippen molar-refractivity contribution in [2.75, 3.05) is 12.3 Å². The first-order valence-corrected chi connectivity index (χ1v) is 22.3. The highest BCUT2D eigenvalue weighted by atomic mass is 32.2. The number of aryl methyl sites for hydroxylation is 1. The molecule has 1 aromatic heterocycles. The fraction of sp³-hybridized carbons (Fsp3) is 0.512. The largest absolute Gasteiger partial charge is 0.354 e. The standard InChI is InChI=1S/C43H54N4O11S/c48-38-16-17-39(49)46(38)57-42(52)14-5-1-7-24-44-26-20-33(21-27-44)31-35-11-10-12-36(37(35)13-4-3-9-30-59(54,55)56)32-34-22-28-45(29-23-34)25-8-2-6-15-43(53)58-47-40(50)18-19-41(47)51/h20-23,26-29,31-32H,1-19,24-25,30H2/p+1. The van der Waals surface area contributed by atoms with Crippen molar-refractivity contribution >= 4 is 51.8 Å². The number of nitrogens with zero attached hydrogens (tertiary/aromatic N) is 4. The van der Waals surface area contributed by atoms with Crippen LogP contribution in [0.3, 0.4) is 0 Å². The number of carbonyl (C=O) groups excluding carboxylic acids is 6. The lowest BCUT2D eigenvalue weighted by Gasteiger charge is -2.23. The van der Waals surface area contributed by atoms with E-state index in [9.17, 15) is 41.7 Å². The molecule has 318 valence electrons. The molecule has 3 aliphatic heterocycles. The Labute approximate surface area is 345 Å². The Balaban J connectivity index is 1.12. The van der Waals surface area contributed by atoms with Gasteiger partial charge in [-0.3, -0.25) is 23.7 Å². The van der Waals surface area contributed by atoms with Crippen molar-refractivity contribution in [2.24, 2.45) is 0 Å². The number of unbranched alkanes of at least 4 members (excludes halogenated alkanes) is 6. The number of hydrogen-bond donors (Lipinski definition) is 1. The van der Waals surface area contributed by atoms with E-state index < -0.39 is 45.7 Å². The molecule has 1 N–H and O–H groups in total. The number of aromatic nitrogens is 1. The van der Waals surface area contributed by atoms with Crippen LogP contribution in [0.1, 0.15) is 128 Å². The molecule has 0 atom stereocenters. The lowest BCUT2D eigenvalue weighted by atomic mass is 9.83. The van der Waals surface area contributed by atoms with E-state index in [-0.39, 0.29) is 44.3 Å². The van der Waals surface area contributed by atoms with Crippen LogP contribution in [0.5, 0.6) is 0 Å². The highest BCUT2D eigenvalue weighted by molar-refractivity contribution is 7.85. The zero-order valence-corrected chi connectivity index (χ0v) is 34.4. The SMILES string of the molecule is O=C(CCCCCN1C=CC(=CC2=C(CCCCCS(=O)(=O)O)/C(=C/c3cc[n+](CCCCCC(=O)ON4C(=O)CCC4=O)cc3)CCC2)C=C1)ON1C(=O)CCC1=O. The number of carbonyl (C=O) groups is 6. The summed E-state index contributed by atoms with van der Waals surface area (Å²) in [5, 5.41) is 1.16. The topological polar surface area (TPSA) is 189 Å². The molecule has 15 nitrogen and oxygen atoms in total. The molecule has 0 spiro atoms. The second-order valence-corrected chi connectivity index (χ2v) is 16.8. The minimum Gasteiger partial charge on any atom is -0.354 e. The minimum absolute atomic E-state index is 0.0708. The number of imide groups is 2. The summed E-state index contributed by atoms with van der Waals surface area (Å²) in [6.07, 6.45) is 27.3. The molecule has 0 saturated carbocycles. The van der Waals surface area contributed by atoms with Gasteiger partial charge in [-0.1, -0.05) is 25.0 Å². The first kappa shape index (κ1) is 44.9. The average molecular weight is 836 g/mol. The zero-order valence-electron chi connectivity index (χ0n) is 33.6. The van der Waals surface area contributed by atoms with E-state index in [1.807, 2.05) is 24.8 Å². The van der Waals surface area contributed by atoms with Gasteiger partial charge in [-0.15, -0.1) is 10.1 Å². The maximum absolute atomic E-state index is 12.1. The number of allylic oxidation sites excluding steroid dienone is 7. The van der Waals surface area contributed by atoms with Crippen molar-refractivity contribution in [2.45, 2.75) is 129 Å². The highest BCUT2D eigenvalue weighted by Gasteiger charge is 2.33. The van der Waals surface area contributed by atoms with Crippen LogP contribution in [0.4, 0.5) is 0 Å². The van der Waals surface area contributed by atoms with Gasteiger partial charge in [0, 0.05) is 76.0 Å². The van der Waals surface area contributed by atoms with E-state index in [2.05, 4.69) is 45.9 Å². The Morgan fingerprint density at radius 1 is 0.695 bits per heavy atom. The van der Waals surface area contributed by atoms with E-state index in [1.54, 1.807) is 0 Å². The second-order valence-electron chi connectivity index (χ2n) is 15.2. The fourth-order valence-electron chi connectivity index (χ4n) is 7.30. The second kappa shape index (κ2) is 22.2. The molecule has 0 aromatic carbocycles. The third-order valence-corrected chi connectivity index (χ3v) is 11.3. The Morgan fingerprint density at radius 2 is 1.25 bits per heavy atom. The number of hydroxylamine groups is 4. The molecule has 4 heterocycles. The maximum atomic E-state index is 12.1. The molecule has 2 fully saturated rings. The van der Waals surface area contributed by atoms with Crippen molar-refractivity contribution in [1.29, 1.82) is 0 Å². The van der Waals surface area contributed by atoms with Gasteiger partial charge in [-0.05, 0) is 104 Å². The van der Waals surface area contributed by atoms with E-state index in [4.69, 9.17) is 9.68 Å². The maximum Gasteiger partial charge on any atom is 0.333 e. The summed E-state index contributed by atoms with van der Waals surface area (Å²) in [5.41, 5.74) is 5.93. The molecule has 4 amide bonds. The molecule has 0 bridgehead atoms. The number of hydrogen-bond acceptors (Lipinski definition) is 11. The summed E-state index contributed by atoms with van der Waals surface area (Å²) >= 11 is 0. The molecule has 1 aliphatic carbocycles. The minimum atomic E-state index is -3.99. The third kappa shape index (κ3) is 14.8. The van der Waals surface area contributed by atoms with Crippen LogP contribution in [0, 0.1) is 0 Å². The summed E-state index contributed by atoms with van der Waals surface area (Å²) in [7, 11) is -3.99. The third-order valence-electron chi connectivity index (χ3n) is 10.5. The monoisotopic (exact) mass is 835 g/mol. The molecule has 59 heavy (non-hydrogen) atoms. The van der Waals surface area contributed by atoms with Crippen LogP contribution in [0.25, 0.3) is 6.08 Å². The number of rotatable bonds is 22. The first-order chi connectivity index (χ1) is 28.3. The molecular formula is C43H55N4O11S+. The molecule has 1 aromatic rings. The summed E-state index contributed by atoms with van der Waals surface area (Å²) in [6, 6.07) is 4.16. The Kier molecular flexibility index (Phi) is 16.9. The van der Waals surface area contributed by atoms with Crippen LogP contribution >= 0.6 is 0 Å². The highest BCUT2D eigenvalue weighted by Crippen LogP contribution is 2.36. The molecule has 0 radical (unpaired) electrons. The van der Waals surface area contributed by atoms with E-state index >= 15 is 0 Å². The number of amides is 4. The van der Waals surface area contributed by atoms with Gasteiger partial charge in [0.1, 0.15) is 6.54 Å². The molecule has 4 aliphatic rings. The zero-order chi connectivity index (χ0) is 42.2. The van der Waals surface area contributed by atoms with Crippen molar-refractivity contribution < 1.29 is 56.0 Å². The fourth-order valence-corrected chi connectivity index (χ4v) is 7.87. The van der Waals surface area contributed by atoms with Gasteiger partial charge in [0.05, 0.1) is 5.75 Å². The van der Waals surface area contributed by atoms with Crippen molar-refractivity contribution in [3.63, 3.8) is 0 Å². The summed E-state index contributed by atoms with van der Waals surface area (Å²) in [6.45, 7) is 1.53. The summed E-state index contributed by atoms with van der Waals surface area (Å²) < 4.78 is 33.8.